The lowest BCUT2D eigenvalue weighted by atomic mass is 9.88. The smallest absolute Gasteiger partial charge is 0.417 e. The summed E-state index contributed by atoms with van der Waals surface area (Å²) in [6.07, 6.45) is 0.930. The Balaban J connectivity index is 1.65. The molecule has 0 bridgehead atoms. The maximum atomic E-state index is 14.3. The Morgan fingerprint density at radius 2 is 1.71 bits per heavy atom. The van der Waals surface area contributed by atoms with Crippen LogP contribution in [-0.4, -0.2) is 34.2 Å². The third kappa shape index (κ3) is 6.39. The molecule has 7 nitrogen and oxygen atoms in total. The second-order valence-electron chi connectivity index (χ2n) is 10.8. The molecule has 0 spiro atoms. The predicted molar refractivity (Wildman–Crippen MR) is 144 cm³/mol. The summed E-state index contributed by atoms with van der Waals surface area (Å²) in [5, 5.41) is 7.47. The zero-order valence-electron chi connectivity index (χ0n) is 22.4. The molecule has 3 N–H and O–H groups in total. The highest BCUT2D eigenvalue weighted by molar-refractivity contribution is 5.95. The van der Waals surface area contributed by atoms with Crippen molar-refractivity contribution in [2.24, 2.45) is 5.73 Å². The van der Waals surface area contributed by atoms with Crippen LogP contribution in [0, 0.1) is 5.82 Å². The molecule has 3 aromatic rings. The van der Waals surface area contributed by atoms with Crippen molar-refractivity contribution in [1.82, 2.24) is 15.1 Å². The van der Waals surface area contributed by atoms with E-state index in [-0.39, 0.29) is 53.5 Å². The Bertz CT molecular complexity index is 1390. The molecule has 2 amide bonds. The first kappa shape index (κ1) is 28.6. The highest BCUT2D eigenvalue weighted by Crippen LogP contribution is 2.44. The van der Waals surface area contributed by atoms with E-state index in [0.29, 0.717) is 18.6 Å². The number of ether oxygens (including phenoxy) is 1. The van der Waals surface area contributed by atoms with Gasteiger partial charge >= 0.3 is 6.18 Å². The predicted octanol–water partition coefficient (Wildman–Crippen LogP) is 6.14. The third-order valence-corrected chi connectivity index (χ3v) is 7.91. The number of carbonyl (C=O) groups is 2. The number of alkyl halides is 3. The molecular weight excluding hydrogens is 540 g/mol. The number of rotatable bonds is 10. The summed E-state index contributed by atoms with van der Waals surface area (Å²) >= 11 is 0. The van der Waals surface area contributed by atoms with E-state index in [1.54, 1.807) is 0 Å². The number of hydrogen-bond acceptors (Lipinski definition) is 4. The minimum absolute atomic E-state index is 0.0309. The molecule has 2 saturated carbocycles. The molecular formula is C30H32F4N4O3. The molecule has 2 fully saturated rings. The lowest BCUT2D eigenvalue weighted by Crippen LogP contribution is -2.40. The summed E-state index contributed by atoms with van der Waals surface area (Å²) in [6, 6.07) is 10.2. The van der Waals surface area contributed by atoms with Gasteiger partial charge in [-0.1, -0.05) is 31.0 Å². The average molecular weight is 573 g/mol. The van der Waals surface area contributed by atoms with Crippen LogP contribution in [0.3, 0.4) is 0 Å². The van der Waals surface area contributed by atoms with Crippen LogP contribution < -0.4 is 15.8 Å². The van der Waals surface area contributed by atoms with E-state index in [1.807, 2.05) is 0 Å². The van der Waals surface area contributed by atoms with Gasteiger partial charge in [-0.25, -0.2) is 4.39 Å². The number of amides is 2. The average Bonchev–Trinajstić information content (AvgIpc) is 3.57. The second kappa shape index (κ2) is 11.9. The van der Waals surface area contributed by atoms with E-state index in [9.17, 15) is 27.2 Å². The van der Waals surface area contributed by atoms with Crippen LogP contribution in [-0.2, 0) is 11.0 Å². The summed E-state index contributed by atoms with van der Waals surface area (Å²) in [5.41, 5.74) is 4.83. The van der Waals surface area contributed by atoms with Gasteiger partial charge in [-0.05, 0) is 62.4 Å². The molecule has 2 aliphatic rings. The van der Waals surface area contributed by atoms with Crippen molar-refractivity contribution < 1.29 is 31.9 Å². The van der Waals surface area contributed by atoms with Gasteiger partial charge in [0.25, 0.3) is 5.91 Å². The lowest BCUT2D eigenvalue weighted by molar-refractivity contribution is -0.137. The summed E-state index contributed by atoms with van der Waals surface area (Å²) < 4.78 is 63.8. The molecule has 2 aromatic carbocycles. The first-order chi connectivity index (χ1) is 19.6. The van der Waals surface area contributed by atoms with Crippen LogP contribution in [0.1, 0.15) is 84.9 Å². The molecule has 2 aliphatic carbocycles. The molecule has 0 saturated heterocycles. The van der Waals surface area contributed by atoms with E-state index in [4.69, 9.17) is 10.5 Å². The number of hydrogen-bond donors (Lipinski definition) is 2. The lowest BCUT2D eigenvalue weighted by Gasteiger charge is -2.28. The number of nitrogens with two attached hydrogens (primary N) is 1. The molecule has 1 atom stereocenters. The van der Waals surface area contributed by atoms with Crippen molar-refractivity contribution in [2.75, 3.05) is 6.61 Å². The molecule has 0 aliphatic heterocycles. The first-order valence-electron chi connectivity index (χ1n) is 13.9. The van der Waals surface area contributed by atoms with Gasteiger partial charge in [0.2, 0.25) is 5.91 Å². The third-order valence-electron chi connectivity index (χ3n) is 7.91. The highest BCUT2D eigenvalue weighted by Gasteiger charge is 2.39. The number of carbonyl (C=O) groups excluding carboxylic acids is 2. The Morgan fingerprint density at radius 3 is 2.32 bits per heavy atom. The molecule has 1 aromatic heterocycles. The highest BCUT2D eigenvalue weighted by atomic mass is 19.4. The minimum Gasteiger partial charge on any atom is -0.493 e. The molecule has 1 unspecified atom stereocenters. The van der Waals surface area contributed by atoms with Crippen LogP contribution in [0.15, 0.2) is 48.5 Å². The molecule has 41 heavy (non-hydrogen) atoms. The quantitative estimate of drug-likeness (QED) is 0.285. The van der Waals surface area contributed by atoms with Gasteiger partial charge in [0, 0.05) is 29.5 Å². The Hall–Kier alpha value is -3.89. The fourth-order valence-corrected chi connectivity index (χ4v) is 5.67. The van der Waals surface area contributed by atoms with E-state index in [1.165, 1.54) is 47.1 Å². The van der Waals surface area contributed by atoms with Crippen LogP contribution in [0.5, 0.6) is 5.75 Å². The van der Waals surface area contributed by atoms with Gasteiger partial charge < -0.3 is 15.8 Å². The van der Waals surface area contributed by atoms with Gasteiger partial charge in [0.15, 0.2) is 5.69 Å². The normalized spacial score (nSPS) is 16.8. The van der Waals surface area contributed by atoms with Crippen LogP contribution in [0.2, 0.25) is 0 Å². The van der Waals surface area contributed by atoms with Crippen LogP contribution >= 0.6 is 0 Å². The second-order valence-corrected chi connectivity index (χ2v) is 10.8. The monoisotopic (exact) mass is 572 g/mol. The Labute approximate surface area is 235 Å². The molecule has 0 radical (unpaired) electrons. The van der Waals surface area contributed by atoms with Gasteiger partial charge in [0.05, 0.1) is 23.9 Å². The van der Waals surface area contributed by atoms with Crippen molar-refractivity contribution in [3.05, 3.63) is 71.2 Å². The summed E-state index contributed by atoms with van der Waals surface area (Å²) in [7, 11) is 0. The largest absolute Gasteiger partial charge is 0.493 e. The number of halogens is 4. The number of aromatic nitrogens is 2. The van der Waals surface area contributed by atoms with Crippen molar-refractivity contribution in [3.63, 3.8) is 0 Å². The maximum absolute atomic E-state index is 14.3. The molecule has 218 valence electrons. The SMILES string of the molecule is NC(=O)c1nn(C2CCCC2)c(-c2ccccc2C(F)(F)F)c1C(COc1ccc(F)cc1)CC(=O)NC1CCC1. The molecule has 5 rings (SSSR count). The Morgan fingerprint density at radius 1 is 1.02 bits per heavy atom. The number of benzene rings is 2. The van der Waals surface area contributed by atoms with E-state index >= 15 is 0 Å². The zero-order valence-corrected chi connectivity index (χ0v) is 22.4. The van der Waals surface area contributed by atoms with E-state index in [0.717, 1.165) is 38.2 Å². The number of primary amides is 1. The number of nitrogens with one attached hydrogen (secondary N) is 1. The van der Waals surface area contributed by atoms with Crippen molar-refractivity contribution in [1.29, 1.82) is 0 Å². The minimum atomic E-state index is -4.69. The van der Waals surface area contributed by atoms with Gasteiger partial charge in [0.1, 0.15) is 11.6 Å². The van der Waals surface area contributed by atoms with Crippen LogP contribution in [0.25, 0.3) is 11.3 Å². The van der Waals surface area contributed by atoms with E-state index in [2.05, 4.69) is 10.4 Å². The Kier molecular flexibility index (Phi) is 8.32. The summed E-state index contributed by atoms with van der Waals surface area (Å²) in [6.45, 7) is -0.179. The van der Waals surface area contributed by atoms with Gasteiger partial charge in [-0.3, -0.25) is 14.3 Å². The molecule has 1 heterocycles. The van der Waals surface area contributed by atoms with Gasteiger partial charge in [-0.15, -0.1) is 0 Å². The zero-order chi connectivity index (χ0) is 29.1. The fourth-order valence-electron chi connectivity index (χ4n) is 5.67. The van der Waals surface area contributed by atoms with Crippen molar-refractivity contribution in [2.45, 2.75) is 75.5 Å². The fraction of sp³-hybridized carbons (Fsp3) is 0.433. The van der Waals surface area contributed by atoms with Gasteiger partial charge in [-0.2, -0.15) is 18.3 Å². The van der Waals surface area contributed by atoms with Crippen molar-refractivity contribution >= 4 is 11.8 Å². The van der Waals surface area contributed by atoms with Crippen LogP contribution in [0.4, 0.5) is 17.6 Å². The summed E-state index contributed by atoms with van der Waals surface area (Å²) in [5.74, 6) is -2.27. The van der Waals surface area contributed by atoms with Crippen molar-refractivity contribution in [3.8, 4) is 17.0 Å². The molecule has 11 heteroatoms. The first-order valence-corrected chi connectivity index (χ1v) is 13.9. The topological polar surface area (TPSA) is 99.2 Å². The summed E-state index contributed by atoms with van der Waals surface area (Å²) in [4.78, 5) is 26.0. The number of nitrogens with zero attached hydrogens (tertiary/aromatic N) is 2. The standard InChI is InChI=1S/C30H32F4N4O3/c31-19-12-14-22(15-13-19)41-17-18(16-25(39)36-20-6-5-7-20)26-27(29(35)40)37-38(21-8-1-2-9-21)28(26)23-10-3-4-11-24(23)30(32,33)34/h3-4,10-15,18,20-21H,1-2,5-9,16-17H2,(H2,35,40)(H,36,39). The van der Waals surface area contributed by atoms with E-state index < -0.39 is 29.4 Å². The maximum Gasteiger partial charge on any atom is 0.417 e.